The molecule has 0 atom stereocenters. The lowest BCUT2D eigenvalue weighted by Crippen LogP contribution is -2.05. The smallest absolute Gasteiger partial charge is 0.154 e. The summed E-state index contributed by atoms with van der Waals surface area (Å²) >= 11 is 0. The molecule has 1 N–H and O–H groups in total. The number of nitrogens with one attached hydrogen (secondary N) is 1. The highest BCUT2D eigenvalue weighted by Gasteiger charge is 2.14. The first-order valence-corrected chi connectivity index (χ1v) is 10.0. The predicted molar refractivity (Wildman–Crippen MR) is 115 cm³/mol. The van der Waals surface area contributed by atoms with Crippen molar-refractivity contribution in [3.05, 3.63) is 89.9 Å². The lowest BCUT2D eigenvalue weighted by molar-refractivity contribution is 0.690. The topological polar surface area (TPSA) is 42.7 Å². The fraction of sp³-hybridized carbons (Fsp3) is 0.250. The summed E-state index contributed by atoms with van der Waals surface area (Å²) in [6.07, 6.45) is 5.16. The fourth-order valence-corrected chi connectivity index (χ4v) is 3.48. The molecule has 4 nitrogen and oxygen atoms in total. The van der Waals surface area contributed by atoms with Gasteiger partial charge in [-0.1, -0.05) is 74.0 Å². The van der Waals surface area contributed by atoms with Crippen LogP contribution in [0.25, 0.3) is 11.0 Å². The highest BCUT2D eigenvalue weighted by molar-refractivity contribution is 5.86. The third kappa shape index (κ3) is 4.06. The second kappa shape index (κ2) is 8.70. The van der Waals surface area contributed by atoms with Gasteiger partial charge < -0.3 is 9.88 Å². The Balaban J connectivity index is 1.68. The number of anilines is 1. The van der Waals surface area contributed by atoms with Crippen molar-refractivity contribution >= 4 is 16.9 Å². The van der Waals surface area contributed by atoms with E-state index in [1.54, 1.807) is 0 Å². The summed E-state index contributed by atoms with van der Waals surface area (Å²) in [6.45, 7) is 3.79. The Morgan fingerprint density at radius 3 is 2.32 bits per heavy atom. The van der Waals surface area contributed by atoms with Crippen LogP contribution in [0.1, 0.15) is 36.7 Å². The van der Waals surface area contributed by atoms with Crippen LogP contribution >= 0.6 is 0 Å². The molecule has 0 aliphatic rings. The number of aromatic nitrogens is 3. The Kier molecular flexibility index (Phi) is 5.66. The number of pyridine rings is 1. The maximum atomic E-state index is 5.00. The number of benzene rings is 2. The number of aryl methyl sites for hydroxylation is 1. The van der Waals surface area contributed by atoms with Crippen LogP contribution in [-0.4, -0.2) is 14.5 Å². The molecule has 0 unspecified atom stereocenters. The Morgan fingerprint density at radius 1 is 0.893 bits per heavy atom. The second-order valence-electron chi connectivity index (χ2n) is 7.07. The SMILES string of the molecule is CCCCc1nc2c(NCc3ccccc3)nccc2n1Cc1ccccc1. The van der Waals surface area contributed by atoms with Crippen molar-refractivity contribution in [1.82, 2.24) is 14.5 Å². The Hall–Kier alpha value is -3.14. The molecule has 0 aliphatic heterocycles. The molecule has 0 radical (unpaired) electrons. The van der Waals surface area contributed by atoms with Gasteiger partial charge in [0.2, 0.25) is 0 Å². The van der Waals surface area contributed by atoms with Crippen molar-refractivity contribution in [3.63, 3.8) is 0 Å². The minimum atomic E-state index is 0.739. The van der Waals surface area contributed by atoms with Gasteiger partial charge in [-0.05, 0) is 23.6 Å². The van der Waals surface area contributed by atoms with Crippen molar-refractivity contribution < 1.29 is 0 Å². The molecule has 0 spiro atoms. The van der Waals surface area contributed by atoms with E-state index in [0.717, 1.165) is 55.0 Å². The molecular formula is C24H26N4. The van der Waals surface area contributed by atoms with Crippen LogP contribution in [0.3, 0.4) is 0 Å². The van der Waals surface area contributed by atoms with Crippen LogP contribution in [0.5, 0.6) is 0 Å². The van der Waals surface area contributed by atoms with Crippen LogP contribution in [-0.2, 0) is 19.5 Å². The highest BCUT2D eigenvalue weighted by atomic mass is 15.1. The molecule has 4 heteroatoms. The number of fused-ring (bicyclic) bond motifs is 1. The van der Waals surface area contributed by atoms with E-state index < -0.39 is 0 Å². The summed E-state index contributed by atoms with van der Waals surface area (Å²) in [5, 5.41) is 3.48. The fourth-order valence-electron chi connectivity index (χ4n) is 3.48. The molecule has 0 fully saturated rings. The Morgan fingerprint density at radius 2 is 1.61 bits per heavy atom. The van der Waals surface area contributed by atoms with Gasteiger partial charge in [0.15, 0.2) is 5.82 Å². The van der Waals surface area contributed by atoms with Crippen LogP contribution in [0, 0.1) is 0 Å². The Bertz CT molecular complexity index is 1020. The molecule has 2 heterocycles. The maximum Gasteiger partial charge on any atom is 0.154 e. The first-order valence-electron chi connectivity index (χ1n) is 10.0. The van der Waals surface area contributed by atoms with Gasteiger partial charge in [0.05, 0.1) is 5.52 Å². The maximum absolute atomic E-state index is 5.00. The standard InChI is InChI=1S/C24H26N4/c1-2-3-14-22-27-23-21(28(22)18-20-12-8-5-9-13-20)15-16-25-24(23)26-17-19-10-6-4-7-11-19/h4-13,15-16H,2-3,14,17-18H2,1H3,(H,25,26). The van der Waals surface area contributed by atoms with E-state index in [9.17, 15) is 0 Å². The third-order valence-corrected chi connectivity index (χ3v) is 4.99. The van der Waals surface area contributed by atoms with Crippen LogP contribution < -0.4 is 5.32 Å². The van der Waals surface area contributed by atoms with Crippen molar-refractivity contribution in [3.8, 4) is 0 Å². The third-order valence-electron chi connectivity index (χ3n) is 4.99. The largest absolute Gasteiger partial charge is 0.364 e. The molecule has 142 valence electrons. The van der Waals surface area contributed by atoms with Gasteiger partial charge in [-0.2, -0.15) is 0 Å². The number of hydrogen-bond acceptors (Lipinski definition) is 3. The summed E-state index contributed by atoms with van der Waals surface area (Å²) in [5.74, 6) is 1.99. The monoisotopic (exact) mass is 370 g/mol. The summed E-state index contributed by atoms with van der Waals surface area (Å²) in [7, 11) is 0. The number of hydrogen-bond donors (Lipinski definition) is 1. The van der Waals surface area contributed by atoms with Gasteiger partial charge in [0.25, 0.3) is 0 Å². The number of nitrogens with zero attached hydrogens (tertiary/aromatic N) is 3. The summed E-state index contributed by atoms with van der Waals surface area (Å²) in [5.41, 5.74) is 4.62. The van der Waals surface area contributed by atoms with Crippen molar-refractivity contribution in [2.45, 2.75) is 39.3 Å². The van der Waals surface area contributed by atoms with Gasteiger partial charge in [-0.3, -0.25) is 0 Å². The zero-order chi connectivity index (χ0) is 19.2. The molecule has 2 aromatic carbocycles. The Labute approximate surface area is 166 Å². The van der Waals surface area contributed by atoms with Crippen LogP contribution in [0.4, 0.5) is 5.82 Å². The summed E-state index contributed by atoms with van der Waals surface area (Å²) < 4.78 is 2.34. The van der Waals surface area contributed by atoms with E-state index in [1.165, 1.54) is 11.1 Å². The summed E-state index contributed by atoms with van der Waals surface area (Å²) in [4.78, 5) is 9.57. The lowest BCUT2D eigenvalue weighted by atomic mass is 10.2. The second-order valence-corrected chi connectivity index (χ2v) is 7.07. The minimum Gasteiger partial charge on any atom is -0.364 e. The van der Waals surface area contributed by atoms with Gasteiger partial charge >= 0.3 is 0 Å². The normalized spacial score (nSPS) is 11.0. The predicted octanol–water partition coefficient (Wildman–Crippen LogP) is 5.43. The first kappa shape index (κ1) is 18.2. The van der Waals surface area contributed by atoms with Gasteiger partial charge in [-0.25, -0.2) is 9.97 Å². The van der Waals surface area contributed by atoms with Gasteiger partial charge in [0, 0.05) is 25.7 Å². The van der Waals surface area contributed by atoms with Gasteiger partial charge in [-0.15, -0.1) is 0 Å². The zero-order valence-corrected chi connectivity index (χ0v) is 16.3. The molecule has 2 aromatic heterocycles. The van der Waals surface area contributed by atoms with Crippen molar-refractivity contribution in [2.24, 2.45) is 0 Å². The van der Waals surface area contributed by atoms with Crippen LogP contribution in [0.2, 0.25) is 0 Å². The quantitative estimate of drug-likeness (QED) is 0.449. The molecule has 0 aliphatic carbocycles. The van der Waals surface area contributed by atoms with E-state index >= 15 is 0 Å². The molecule has 28 heavy (non-hydrogen) atoms. The number of imidazole rings is 1. The number of unbranched alkanes of at least 4 members (excludes halogenated alkanes) is 1. The van der Waals surface area contributed by atoms with Crippen molar-refractivity contribution in [2.75, 3.05) is 5.32 Å². The van der Waals surface area contributed by atoms with E-state index in [-0.39, 0.29) is 0 Å². The average molecular weight is 371 g/mol. The first-order chi connectivity index (χ1) is 13.8. The molecular weight excluding hydrogens is 344 g/mol. The van der Waals surface area contributed by atoms with Crippen molar-refractivity contribution in [1.29, 1.82) is 0 Å². The lowest BCUT2D eigenvalue weighted by Gasteiger charge is -2.10. The molecule has 0 saturated heterocycles. The average Bonchev–Trinajstić information content (AvgIpc) is 3.10. The van der Waals surface area contributed by atoms with Gasteiger partial charge in [0.1, 0.15) is 11.3 Å². The zero-order valence-electron chi connectivity index (χ0n) is 16.3. The van der Waals surface area contributed by atoms with E-state index in [1.807, 2.05) is 12.3 Å². The van der Waals surface area contributed by atoms with E-state index in [2.05, 4.69) is 82.5 Å². The highest BCUT2D eigenvalue weighted by Crippen LogP contribution is 2.24. The molecule has 0 amide bonds. The molecule has 4 aromatic rings. The van der Waals surface area contributed by atoms with Crippen LogP contribution in [0.15, 0.2) is 72.9 Å². The molecule has 0 bridgehead atoms. The summed E-state index contributed by atoms with van der Waals surface area (Å²) in [6, 6.07) is 23.1. The van der Waals surface area contributed by atoms with E-state index in [0.29, 0.717) is 0 Å². The molecule has 4 rings (SSSR count). The van der Waals surface area contributed by atoms with E-state index in [4.69, 9.17) is 4.98 Å². The number of rotatable bonds is 8. The molecule has 0 saturated carbocycles. The minimum absolute atomic E-state index is 0.739.